The fraction of sp³-hybridized carbons (Fsp3) is 0.800. The third-order valence-electron chi connectivity index (χ3n) is 2.49. The molecule has 4 heteroatoms. The molecule has 1 saturated carbocycles. The van der Waals surface area contributed by atoms with E-state index >= 15 is 0 Å². The molecule has 4 nitrogen and oxygen atoms in total. The Morgan fingerprint density at radius 1 is 1.57 bits per heavy atom. The van der Waals surface area contributed by atoms with Crippen LogP contribution in [0.1, 0.15) is 37.9 Å². The molecule has 1 aliphatic carbocycles. The van der Waals surface area contributed by atoms with Crippen molar-refractivity contribution in [3.05, 3.63) is 11.7 Å². The lowest BCUT2D eigenvalue weighted by atomic mass is 10.2. The first-order valence-electron chi connectivity index (χ1n) is 5.31. The fourth-order valence-electron chi connectivity index (χ4n) is 1.41. The van der Waals surface area contributed by atoms with Crippen molar-refractivity contribution in [2.24, 2.45) is 11.7 Å². The molecule has 0 amide bonds. The van der Waals surface area contributed by atoms with E-state index in [1.54, 1.807) is 0 Å². The number of aromatic nitrogens is 2. The zero-order valence-corrected chi connectivity index (χ0v) is 8.57. The maximum absolute atomic E-state index is 5.65. The number of hydrogen-bond acceptors (Lipinski definition) is 4. The van der Waals surface area contributed by atoms with E-state index in [9.17, 15) is 0 Å². The van der Waals surface area contributed by atoms with Crippen molar-refractivity contribution in [1.82, 2.24) is 10.1 Å². The molecular weight excluding hydrogens is 178 g/mol. The maximum atomic E-state index is 5.65. The Bertz CT molecular complexity index is 291. The Kier molecular flexibility index (Phi) is 2.82. The molecule has 1 heterocycles. The average molecular weight is 195 g/mol. The van der Waals surface area contributed by atoms with E-state index in [2.05, 4.69) is 10.1 Å². The third-order valence-corrected chi connectivity index (χ3v) is 2.49. The summed E-state index contributed by atoms with van der Waals surface area (Å²) in [5.41, 5.74) is 5.65. The van der Waals surface area contributed by atoms with Gasteiger partial charge in [0.25, 0.3) is 0 Å². The van der Waals surface area contributed by atoms with Gasteiger partial charge in [0.15, 0.2) is 5.82 Å². The normalized spacial score (nSPS) is 18.4. The zero-order valence-electron chi connectivity index (χ0n) is 8.57. The Labute approximate surface area is 83.9 Å². The van der Waals surface area contributed by atoms with E-state index in [0.29, 0.717) is 0 Å². The molecule has 0 aliphatic heterocycles. The molecule has 1 unspecified atom stereocenters. The Balaban J connectivity index is 1.82. The lowest BCUT2D eigenvalue weighted by Gasteiger charge is -1.99. The van der Waals surface area contributed by atoms with Gasteiger partial charge in [-0.25, -0.2) is 0 Å². The summed E-state index contributed by atoms with van der Waals surface area (Å²) >= 11 is 0. The van der Waals surface area contributed by atoms with Crippen LogP contribution in [0.5, 0.6) is 0 Å². The predicted molar refractivity (Wildman–Crippen MR) is 52.7 cm³/mol. The van der Waals surface area contributed by atoms with Crippen LogP contribution >= 0.6 is 0 Å². The van der Waals surface area contributed by atoms with E-state index in [4.69, 9.17) is 10.3 Å². The molecular formula is C10H17N3O. The van der Waals surface area contributed by atoms with Crippen LogP contribution in [-0.4, -0.2) is 16.2 Å². The van der Waals surface area contributed by atoms with Crippen LogP contribution in [0.25, 0.3) is 0 Å². The van der Waals surface area contributed by atoms with Gasteiger partial charge in [-0.3, -0.25) is 0 Å². The summed E-state index contributed by atoms with van der Waals surface area (Å²) in [4.78, 5) is 4.33. The van der Waals surface area contributed by atoms with E-state index in [0.717, 1.165) is 36.9 Å². The van der Waals surface area contributed by atoms with E-state index < -0.39 is 0 Å². The van der Waals surface area contributed by atoms with Crippen molar-refractivity contribution < 1.29 is 4.52 Å². The van der Waals surface area contributed by atoms with Crippen LogP contribution in [0.15, 0.2) is 4.52 Å². The molecule has 2 N–H and O–H groups in total. The molecule has 1 fully saturated rings. The number of nitrogens with two attached hydrogens (primary N) is 1. The average Bonchev–Trinajstić information content (AvgIpc) is 2.81. The molecule has 0 aromatic carbocycles. The highest BCUT2D eigenvalue weighted by molar-refractivity contribution is 4.92. The van der Waals surface area contributed by atoms with Gasteiger partial charge in [0.1, 0.15) is 0 Å². The summed E-state index contributed by atoms with van der Waals surface area (Å²) in [6, 6.07) is 0.203. The second kappa shape index (κ2) is 4.09. The summed E-state index contributed by atoms with van der Waals surface area (Å²) in [6.07, 6.45) is 5.34. The first-order valence-corrected chi connectivity index (χ1v) is 5.31. The Morgan fingerprint density at radius 2 is 2.36 bits per heavy atom. The lowest BCUT2D eigenvalue weighted by Crippen LogP contribution is -2.15. The van der Waals surface area contributed by atoms with Crippen LogP contribution in [0.4, 0.5) is 0 Å². The molecule has 0 saturated heterocycles. The van der Waals surface area contributed by atoms with Crippen molar-refractivity contribution in [3.63, 3.8) is 0 Å². The highest BCUT2D eigenvalue weighted by atomic mass is 16.5. The van der Waals surface area contributed by atoms with Gasteiger partial charge in [-0.1, -0.05) is 5.16 Å². The van der Waals surface area contributed by atoms with Gasteiger partial charge in [0, 0.05) is 18.9 Å². The minimum atomic E-state index is 0.203. The summed E-state index contributed by atoms with van der Waals surface area (Å²) in [7, 11) is 0. The molecule has 0 bridgehead atoms. The lowest BCUT2D eigenvalue weighted by molar-refractivity contribution is 0.366. The second-order valence-electron chi connectivity index (χ2n) is 4.27. The molecule has 14 heavy (non-hydrogen) atoms. The predicted octanol–water partition coefficient (Wildman–Crippen LogP) is 1.30. The van der Waals surface area contributed by atoms with E-state index in [-0.39, 0.29) is 6.04 Å². The molecule has 78 valence electrons. The second-order valence-corrected chi connectivity index (χ2v) is 4.27. The monoisotopic (exact) mass is 195 g/mol. The van der Waals surface area contributed by atoms with Crippen LogP contribution in [0.3, 0.4) is 0 Å². The standard InChI is InChI=1S/C10H17N3O/c1-7(11)2-5-10-12-9(13-14-10)6-8-3-4-8/h7-8H,2-6,11H2,1H3. The van der Waals surface area contributed by atoms with Crippen LogP contribution in [-0.2, 0) is 12.8 Å². The van der Waals surface area contributed by atoms with Crippen LogP contribution in [0, 0.1) is 5.92 Å². The van der Waals surface area contributed by atoms with E-state index in [1.807, 2.05) is 6.92 Å². The number of nitrogens with zero attached hydrogens (tertiary/aromatic N) is 2. The largest absolute Gasteiger partial charge is 0.339 e. The van der Waals surface area contributed by atoms with Gasteiger partial charge in [0.2, 0.25) is 5.89 Å². The molecule has 1 atom stereocenters. The van der Waals surface area contributed by atoms with Crippen LogP contribution in [0.2, 0.25) is 0 Å². The van der Waals surface area contributed by atoms with Gasteiger partial charge in [-0.15, -0.1) is 0 Å². The van der Waals surface area contributed by atoms with Crippen molar-refractivity contribution >= 4 is 0 Å². The number of hydrogen-bond donors (Lipinski definition) is 1. The SMILES string of the molecule is CC(N)CCc1nc(CC2CC2)no1. The molecule has 0 spiro atoms. The summed E-state index contributed by atoms with van der Waals surface area (Å²) in [5, 5.41) is 3.95. The number of rotatable bonds is 5. The van der Waals surface area contributed by atoms with Crippen molar-refractivity contribution in [3.8, 4) is 0 Å². The molecule has 2 rings (SSSR count). The first kappa shape index (κ1) is 9.65. The molecule has 0 radical (unpaired) electrons. The minimum absolute atomic E-state index is 0.203. The highest BCUT2D eigenvalue weighted by Gasteiger charge is 2.23. The van der Waals surface area contributed by atoms with Gasteiger partial charge in [-0.05, 0) is 32.1 Å². The van der Waals surface area contributed by atoms with Crippen LogP contribution < -0.4 is 5.73 Å². The van der Waals surface area contributed by atoms with Gasteiger partial charge in [-0.2, -0.15) is 4.98 Å². The number of aryl methyl sites for hydroxylation is 1. The smallest absolute Gasteiger partial charge is 0.226 e. The van der Waals surface area contributed by atoms with Crippen molar-refractivity contribution in [2.75, 3.05) is 0 Å². The molecule has 1 aromatic rings. The quantitative estimate of drug-likeness (QED) is 0.769. The van der Waals surface area contributed by atoms with Gasteiger partial charge in [0.05, 0.1) is 0 Å². The highest BCUT2D eigenvalue weighted by Crippen LogP contribution is 2.31. The van der Waals surface area contributed by atoms with Gasteiger partial charge >= 0.3 is 0 Å². The Morgan fingerprint density at radius 3 is 3.00 bits per heavy atom. The molecule has 1 aromatic heterocycles. The zero-order chi connectivity index (χ0) is 9.97. The topological polar surface area (TPSA) is 64.9 Å². The third kappa shape index (κ3) is 2.80. The van der Waals surface area contributed by atoms with Crippen molar-refractivity contribution in [1.29, 1.82) is 0 Å². The first-order chi connectivity index (χ1) is 6.74. The maximum Gasteiger partial charge on any atom is 0.226 e. The van der Waals surface area contributed by atoms with Crippen molar-refractivity contribution in [2.45, 2.75) is 45.1 Å². The summed E-state index contributed by atoms with van der Waals surface area (Å²) in [6.45, 7) is 1.99. The van der Waals surface area contributed by atoms with E-state index in [1.165, 1.54) is 12.8 Å². The Hall–Kier alpha value is -0.900. The molecule has 1 aliphatic rings. The minimum Gasteiger partial charge on any atom is -0.339 e. The summed E-state index contributed by atoms with van der Waals surface area (Å²) in [5.74, 6) is 2.42. The fourth-order valence-corrected chi connectivity index (χ4v) is 1.41. The van der Waals surface area contributed by atoms with Gasteiger partial charge < -0.3 is 10.3 Å². The summed E-state index contributed by atoms with van der Waals surface area (Å²) < 4.78 is 5.13.